The Morgan fingerprint density at radius 3 is 2.71 bits per heavy atom. The maximum atomic E-state index is 9.67. The molecule has 0 amide bonds. The molecule has 0 spiro atoms. The third kappa shape index (κ3) is 3.71. The summed E-state index contributed by atoms with van der Waals surface area (Å²) in [4.78, 5) is 5.58. The van der Waals surface area contributed by atoms with E-state index in [-0.39, 0.29) is 0 Å². The van der Waals surface area contributed by atoms with Crippen molar-refractivity contribution in [2.75, 3.05) is 0 Å². The van der Waals surface area contributed by atoms with E-state index in [1.54, 1.807) is 0 Å². The van der Waals surface area contributed by atoms with Crippen LogP contribution in [0.3, 0.4) is 0 Å². The molecule has 1 aliphatic rings. The highest BCUT2D eigenvalue weighted by atomic mass is 32.2. The number of pyridine rings is 1. The van der Waals surface area contributed by atoms with Crippen LogP contribution in [-0.2, 0) is 0 Å². The van der Waals surface area contributed by atoms with Crippen LogP contribution in [0.2, 0.25) is 0 Å². The molecule has 3 heteroatoms. The molecule has 1 atom stereocenters. The first-order valence-electron chi connectivity index (χ1n) is 6.60. The van der Waals surface area contributed by atoms with Crippen LogP contribution in [-0.4, -0.2) is 15.3 Å². The van der Waals surface area contributed by atoms with Crippen LogP contribution in [0.5, 0.6) is 0 Å². The number of aromatic nitrogens is 1. The third-order valence-corrected chi connectivity index (χ3v) is 4.66. The Morgan fingerprint density at radius 1 is 1.35 bits per heavy atom. The van der Waals surface area contributed by atoms with Gasteiger partial charge in [0, 0.05) is 16.3 Å². The lowest BCUT2D eigenvalue weighted by atomic mass is 10.0. The molecule has 0 unspecified atom stereocenters. The highest BCUT2D eigenvalue weighted by molar-refractivity contribution is 8.00. The fraction of sp³-hybridized carbons (Fsp3) is 0.643. The first-order valence-corrected chi connectivity index (χ1v) is 7.48. The van der Waals surface area contributed by atoms with Crippen molar-refractivity contribution in [2.45, 2.75) is 61.7 Å². The quantitative estimate of drug-likeness (QED) is 0.879. The smallest absolute Gasteiger partial charge is 0.0957 e. The lowest BCUT2D eigenvalue weighted by Gasteiger charge is -2.20. The molecule has 17 heavy (non-hydrogen) atoms. The number of aliphatic hydroxyl groups is 1. The number of thioether (sulfide) groups is 1. The van der Waals surface area contributed by atoms with Gasteiger partial charge in [-0.15, -0.1) is 11.8 Å². The van der Waals surface area contributed by atoms with Gasteiger partial charge in [0.15, 0.2) is 0 Å². The zero-order valence-corrected chi connectivity index (χ0v) is 11.2. The van der Waals surface area contributed by atoms with Crippen molar-refractivity contribution in [1.82, 2.24) is 4.98 Å². The van der Waals surface area contributed by atoms with Gasteiger partial charge in [-0.1, -0.05) is 26.2 Å². The predicted molar refractivity (Wildman–Crippen MR) is 72.2 cm³/mol. The third-order valence-electron chi connectivity index (χ3n) is 3.34. The highest BCUT2D eigenvalue weighted by Gasteiger charge is 2.15. The van der Waals surface area contributed by atoms with E-state index in [4.69, 9.17) is 0 Å². The summed E-state index contributed by atoms with van der Waals surface area (Å²) in [5.74, 6) is 0. The summed E-state index contributed by atoms with van der Waals surface area (Å²) in [5, 5.41) is 10.4. The summed E-state index contributed by atoms with van der Waals surface area (Å²) >= 11 is 1.95. The lowest BCUT2D eigenvalue weighted by Crippen LogP contribution is -2.07. The minimum atomic E-state index is -0.413. The second-order valence-corrected chi connectivity index (χ2v) is 6.09. The Morgan fingerprint density at radius 2 is 2.12 bits per heavy atom. The summed E-state index contributed by atoms with van der Waals surface area (Å²) in [7, 11) is 0. The van der Waals surface area contributed by atoms with Gasteiger partial charge < -0.3 is 5.11 Å². The first kappa shape index (κ1) is 12.9. The Labute approximate surface area is 108 Å². The first-order chi connectivity index (χ1) is 8.29. The van der Waals surface area contributed by atoms with E-state index in [0.29, 0.717) is 0 Å². The lowest BCUT2D eigenvalue weighted by molar-refractivity contribution is 0.169. The summed E-state index contributed by atoms with van der Waals surface area (Å²) < 4.78 is 0. The zero-order chi connectivity index (χ0) is 12.1. The predicted octanol–water partition coefficient (Wildman–Crippen LogP) is 3.95. The fourth-order valence-electron chi connectivity index (χ4n) is 2.24. The van der Waals surface area contributed by atoms with Crippen molar-refractivity contribution >= 4 is 11.8 Å². The summed E-state index contributed by atoms with van der Waals surface area (Å²) in [6, 6.07) is 4.06. The fourth-order valence-corrected chi connectivity index (χ4v) is 3.46. The van der Waals surface area contributed by atoms with Crippen LogP contribution in [0.15, 0.2) is 23.2 Å². The number of nitrogens with zero attached hydrogens (tertiary/aromatic N) is 1. The van der Waals surface area contributed by atoms with Gasteiger partial charge in [-0.25, -0.2) is 0 Å². The summed E-state index contributed by atoms with van der Waals surface area (Å²) in [6.45, 7) is 1.97. The molecule has 2 nitrogen and oxygen atoms in total. The van der Waals surface area contributed by atoms with E-state index < -0.39 is 6.10 Å². The van der Waals surface area contributed by atoms with Crippen molar-refractivity contribution < 1.29 is 5.11 Å². The monoisotopic (exact) mass is 251 g/mol. The molecule has 1 aromatic rings. The zero-order valence-electron chi connectivity index (χ0n) is 10.4. The Balaban J connectivity index is 1.93. The molecule has 1 saturated carbocycles. The molecular formula is C14H21NOS. The van der Waals surface area contributed by atoms with Crippen LogP contribution in [0.1, 0.15) is 57.2 Å². The van der Waals surface area contributed by atoms with Crippen LogP contribution in [0.25, 0.3) is 0 Å². The largest absolute Gasteiger partial charge is 0.387 e. The Kier molecular flexibility index (Phi) is 4.86. The molecule has 0 aliphatic heterocycles. The van der Waals surface area contributed by atoms with Crippen LogP contribution >= 0.6 is 11.8 Å². The molecular weight excluding hydrogens is 230 g/mol. The van der Waals surface area contributed by atoms with Crippen LogP contribution in [0, 0.1) is 0 Å². The van der Waals surface area contributed by atoms with E-state index in [2.05, 4.69) is 11.1 Å². The molecule has 0 aromatic carbocycles. The SMILES string of the molecule is CC[C@H](O)c1ccc(SC2CCCCC2)cn1. The average Bonchev–Trinajstić information content (AvgIpc) is 2.40. The van der Waals surface area contributed by atoms with Gasteiger partial charge in [0.05, 0.1) is 11.8 Å². The second-order valence-electron chi connectivity index (χ2n) is 4.72. The summed E-state index contributed by atoms with van der Waals surface area (Å²) in [5.41, 5.74) is 0.792. The van der Waals surface area contributed by atoms with Crippen molar-refractivity contribution in [3.05, 3.63) is 24.0 Å². The molecule has 2 rings (SSSR count). The number of hydrogen-bond donors (Lipinski definition) is 1. The van der Waals surface area contributed by atoms with E-state index >= 15 is 0 Å². The molecule has 0 bridgehead atoms. The molecule has 0 radical (unpaired) electrons. The van der Waals surface area contributed by atoms with Crippen LogP contribution < -0.4 is 0 Å². The maximum absolute atomic E-state index is 9.67. The second kappa shape index (κ2) is 6.41. The van der Waals surface area contributed by atoms with Gasteiger partial charge in [-0.3, -0.25) is 4.98 Å². The molecule has 1 aromatic heterocycles. The summed E-state index contributed by atoms with van der Waals surface area (Å²) in [6.07, 6.45) is 9.04. The van der Waals surface area contributed by atoms with E-state index in [0.717, 1.165) is 17.4 Å². The van der Waals surface area contributed by atoms with Crippen molar-refractivity contribution in [3.63, 3.8) is 0 Å². The maximum Gasteiger partial charge on any atom is 0.0957 e. The van der Waals surface area contributed by atoms with Gasteiger partial charge in [0.2, 0.25) is 0 Å². The standard InChI is InChI=1S/C14H21NOS/c1-2-14(16)13-9-8-12(10-15-13)17-11-6-4-3-5-7-11/h8-11,14,16H,2-7H2,1H3/t14-/m0/s1. The van der Waals surface area contributed by atoms with Gasteiger partial charge in [-0.2, -0.15) is 0 Å². The molecule has 1 N–H and O–H groups in total. The van der Waals surface area contributed by atoms with E-state index in [1.807, 2.05) is 30.9 Å². The Bertz CT molecular complexity index is 333. The average molecular weight is 251 g/mol. The molecule has 1 aliphatic carbocycles. The molecule has 1 fully saturated rings. The van der Waals surface area contributed by atoms with Gasteiger partial charge in [-0.05, 0) is 31.4 Å². The topological polar surface area (TPSA) is 33.1 Å². The minimum absolute atomic E-state index is 0.413. The van der Waals surface area contributed by atoms with Gasteiger partial charge in [0.25, 0.3) is 0 Å². The van der Waals surface area contributed by atoms with Gasteiger partial charge in [0.1, 0.15) is 0 Å². The Hall–Kier alpha value is -0.540. The van der Waals surface area contributed by atoms with E-state index in [1.165, 1.54) is 37.0 Å². The van der Waals surface area contributed by atoms with E-state index in [9.17, 15) is 5.11 Å². The van der Waals surface area contributed by atoms with Crippen LogP contribution in [0.4, 0.5) is 0 Å². The molecule has 0 saturated heterocycles. The minimum Gasteiger partial charge on any atom is -0.387 e. The van der Waals surface area contributed by atoms with Crippen molar-refractivity contribution in [1.29, 1.82) is 0 Å². The molecule has 94 valence electrons. The normalized spacial score (nSPS) is 19.2. The number of aliphatic hydroxyl groups excluding tert-OH is 1. The van der Waals surface area contributed by atoms with Crippen molar-refractivity contribution in [2.24, 2.45) is 0 Å². The molecule has 1 heterocycles. The highest BCUT2D eigenvalue weighted by Crippen LogP contribution is 2.33. The van der Waals surface area contributed by atoms with Gasteiger partial charge >= 0.3 is 0 Å². The number of rotatable bonds is 4. The van der Waals surface area contributed by atoms with Crippen molar-refractivity contribution in [3.8, 4) is 0 Å². The number of hydrogen-bond acceptors (Lipinski definition) is 3.